The summed E-state index contributed by atoms with van der Waals surface area (Å²) in [4.78, 5) is 24.8. The molecule has 21 heavy (non-hydrogen) atoms. The van der Waals surface area contributed by atoms with Crippen molar-refractivity contribution in [3.63, 3.8) is 0 Å². The number of benzene rings is 1. The van der Waals surface area contributed by atoms with Crippen LogP contribution in [0.5, 0.6) is 0 Å². The highest BCUT2D eigenvalue weighted by Gasteiger charge is 2.58. The van der Waals surface area contributed by atoms with Gasteiger partial charge in [-0.25, -0.2) is 4.79 Å². The summed E-state index contributed by atoms with van der Waals surface area (Å²) in [5.74, 6) is -5.46. The van der Waals surface area contributed by atoms with Crippen LogP contribution in [0.4, 0.5) is 13.6 Å². The molecule has 3 rings (SSSR count). The fourth-order valence-corrected chi connectivity index (χ4v) is 3.04. The van der Waals surface area contributed by atoms with E-state index in [2.05, 4.69) is 0 Å². The first-order chi connectivity index (χ1) is 9.97. The van der Waals surface area contributed by atoms with Crippen LogP contribution in [-0.2, 0) is 16.1 Å². The maximum atomic E-state index is 13.3. The summed E-state index contributed by atoms with van der Waals surface area (Å²) in [5, 5.41) is 0. The average molecular weight is 295 g/mol. The van der Waals surface area contributed by atoms with Gasteiger partial charge in [0.2, 0.25) is 5.78 Å². The van der Waals surface area contributed by atoms with Crippen LogP contribution in [0.2, 0.25) is 0 Å². The molecule has 2 atom stereocenters. The van der Waals surface area contributed by atoms with Gasteiger partial charge >= 0.3 is 12.0 Å². The second kappa shape index (κ2) is 5.09. The van der Waals surface area contributed by atoms with Gasteiger partial charge in [-0.15, -0.1) is 0 Å². The Morgan fingerprint density at radius 2 is 2.00 bits per heavy atom. The molecular formula is C15H15F2NO3. The van der Waals surface area contributed by atoms with Gasteiger partial charge in [0.1, 0.15) is 6.61 Å². The van der Waals surface area contributed by atoms with E-state index in [1.165, 1.54) is 4.90 Å². The number of likely N-dealkylation sites (tertiary alicyclic amines) is 1. The zero-order valence-electron chi connectivity index (χ0n) is 11.3. The molecule has 0 N–H and O–H groups in total. The van der Waals surface area contributed by atoms with E-state index >= 15 is 0 Å². The fourth-order valence-electron chi connectivity index (χ4n) is 3.04. The number of ether oxygens (including phenoxy) is 1. The molecule has 1 aliphatic heterocycles. The van der Waals surface area contributed by atoms with Crippen LogP contribution in [0, 0.1) is 11.8 Å². The van der Waals surface area contributed by atoms with Crippen molar-refractivity contribution in [3.8, 4) is 0 Å². The van der Waals surface area contributed by atoms with Crippen molar-refractivity contribution >= 4 is 11.9 Å². The summed E-state index contributed by atoms with van der Waals surface area (Å²) >= 11 is 0. The Bertz CT molecular complexity index is 561. The van der Waals surface area contributed by atoms with Crippen LogP contribution in [-0.4, -0.2) is 35.8 Å². The second-order valence-corrected chi connectivity index (χ2v) is 5.58. The highest BCUT2D eigenvalue weighted by molar-refractivity contribution is 5.91. The van der Waals surface area contributed by atoms with Crippen LogP contribution in [0.1, 0.15) is 12.0 Å². The summed E-state index contributed by atoms with van der Waals surface area (Å²) in [6.45, 7) is 0.335. The van der Waals surface area contributed by atoms with Crippen molar-refractivity contribution in [1.29, 1.82) is 0 Å². The van der Waals surface area contributed by atoms with E-state index < -0.39 is 36.1 Å². The largest absolute Gasteiger partial charge is 0.445 e. The monoisotopic (exact) mass is 295 g/mol. The van der Waals surface area contributed by atoms with Gasteiger partial charge in [-0.2, -0.15) is 8.78 Å². The SMILES string of the molecule is O=C(OCc1ccccc1)N1C[C@@H]2CC(F)(F)C(=O)[C@@H]2C1. The smallest absolute Gasteiger partial charge is 0.410 e. The molecular weight excluding hydrogens is 280 g/mol. The van der Waals surface area contributed by atoms with Crippen LogP contribution in [0.25, 0.3) is 0 Å². The van der Waals surface area contributed by atoms with Crippen molar-refractivity contribution in [1.82, 2.24) is 4.90 Å². The molecule has 1 amide bonds. The minimum Gasteiger partial charge on any atom is -0.445 e. The summed E-state index contributed by atoms with van der Waals surface area (Å²) < 4.78 is 31.7. The lowest BCUT2D eigenvalue weighted by molar-refractivity contribution is -0.141. The number of carbonyl (C=O) groups excluding carboxylic acids is 2. The Hall–Kier alpha value is -1.98. The van der Waals surface area contributed by atoms with Crippen molar-refractivity contribution in [2.75, 3.05) is 13.1 Å². The number of hydrogen-bond donors (Lipinski definition) is 0. The molecule has 1 heterocycles. The fraction of sp³-hybridized carbons (Fsp3) is 0.467. The molecule has 2 aliphatic rings. The Kier molecular flexibility index (Phi) is 3.39. The first kappa shape index (κ1) is 14.0. The molecule has 112 valence electrons. The lowest BCUT2D eigenvalue weighted by Crippen LogP contribution is -2.34. The zero-order valence-corrected chi connectivity index (χ0v) is 11.3. The number of Topliss-reactive ketones (excluding diaryl/α,β-unsaturated/α-hetero) is 1. The Balaban J connectivity index is 1.56. The lowest BCUT2D eigenvalue weighted by Gasteiger charge is -2.18. The highest BCUT2D eigenvalue weighted by Crippen LogP contribution is 2.44. The molecule has 1 saturated carbocycles. The molecule has 4 nitrogen and oxygen atoms in total. The van der Waals surface area contributed by atoms with Gasteiger partial charge in [0, 0.05) is 25.4 Å². The second-order valence-electron chi connectivity index (χ2n) is 5.58. The van der Waals surface area contributed by atoms with E-state index in [9.17, 15) is 18.4 Å². The van der Waals surface area contributed by atoms with Crippen LogP contribution in [0.3, 0.4) is 0 Å². The number of amides is 1. The molecule has 0 bridgehead atoms. The molecule has 6 heteroatoms. The van der Waals surface area contributed by atoms with Crippen molar-refractivity contribution < 1.29 is 23.1 Å². The number of ketones is 1. The molecule has 1 saturated heterocycles. The number of nitrogens with zero attached hydrogens (tertiary/aromatic N) is 1. The summed E-state index contributed by atoms with van der Waals surface area (Å²) in [5.41, 5.74) is 0.854. The third kappa shape index (κ3) is 2.62. The van der Waals surface area contributed by atoms with Crippen molar-refractivity contribution in [2.45, 2.75) is 19.0 Å². The Morgan fingerprint density at radius 3 is 2.67 bits per heavy atom. The molecule has 1 aromatic carbocycles. The maximum Gasteiger partial charge on any atom is 0.410 e. The first-order valence-electron chi connectivity index (χ1n) is 6.85. The number of rotatable bonds is 2. The molecule has 2 fully saturated rings. The van der Waals surface area contributed by atoms with Gasteiger partial charge in [0.25, 0.3) is 0 Å². The summed E-state index contributed by atoms with van der Waals surface area (Å²) in [6.07, 6.45) is -1.01. The van der Waals surface area contributed by atoms with Crippen LogP contribution in [0.15, 0.2) is 30.3 Å². The van der Waals surface area contributed by atoms with Crippen molar-refractivity contribution in [3.05, 3.63) is 35.9 Å². The van der Waals surface area contributed by atoms with Gasteiger partial charge in [-0.1, -0.05) is 30.3 Å². The third-order valence-electron chi connectivity index (χ3n) is 4.12. The predicted molar refractivity (Wildman–Crippen MR) is 69.8 cm³/mol. The molecule has 0 radical (unpaired) electrons. The number of halogens is 2. The van der Waals surface area contributed by atoms with Gasteiger partial charge in [-0.05, 0) is 11.5 Å². The summed E-state index contributed by atoms with van der Waals surface area (Å²) in [7, 11) is 0. The third-order valence-corrected chi connectivity index (χ3v) is 4.12. The number of fused-ring (bicyclic) bond motifs is 1. The van der Waals surface area contributed by atoms with E-state index in [4.69, 9.17) is 4.74 Å². The van der Waals surface area contributed by atoms with E-state index in [1.54, 1.807) is 0 Å². The van der Waals surface area contributed by atoms with Gasteiger partial charge in [0.15, 0.2) is 0 Å². The quantitative estimate of drug-likeness (QED) is 0.842. The maximum absolute atomic E-state index is 13.3. The van der Waals surface area contributed by atoms with Gasteiger partial charge in [-0.3, -0.25) is 4.79 Å². The number of alkyl halides is 2. The number of carbonyl (C=O) groups is 2. The molecule has 0 spiro atoms. The minimum atomic E-state index is -3.23. The topological polar surface area (TPSA) is 46.6 Å². The van der Waals surface area contributed by atoms with E-state index in [0.29, 0.717) is 0 Å². The van der Waals surface area contributed by atoms with Crippen LogP contribution < -0.4 is 0 Å². The molecule has 0 aromatic heterocycles. The van der Waals surface area contributed by atoms with Crippen molar-refractivity contribution in [2.24, 2.45) is 11.8 Å². The number of hydrogen-bond acceptors (Lipinski definition) is 3. The minimum absolute atomic E-state index is 0.0344. The van der Waals surface area contributed by atoms with E-state index in [-0.39, 0.29) is 19.7 Å². The highest BCUT2D eigenvalue weighted by atomic mass is 19.3. The van der Waals surface area contributed by atoms with Crippen LogP contribution >= 0.6 is 0 Å². The molecule has 1 aromatic rings. The predicted octanol–water partition coefficient (Wildman–Crippen LogP) is 2.48. The first-order valence-corrected chi connectivity index (χ1v) is 6.85. The molecule has 1 aliphatic carbocycles. The summed E-state index contributed by atoms with van der Waals surface area (Å²) in [6, 6.07) is 9.19. The van der Waals surface area contributed by atoms with Gasteiger partial charge < -0.3 is 9.64 Å². The Morgan fingerprint density at radius 1 is 1.29 bits per heavy atom. The Labute approximate surface area is 120 Å². The van der Waals surface area contributed by atoms with Gasteiger partial charge in [0.05, 0.1) is 0 Å². The molecule has 0 unspecified atom stereocenters. The zero-order chi connectivity index (χ0) is 15.0. The van der Waals surface area contributed by atoms with E-state index in [0.717, 1.165) is 5.56 Å². The standard InChI is InChI=1S/C15H15F2NO3/c16-15(17)6-11-7-18(8-12(11)13(15)19)14(20)21-9-10-4-2-1-3-5-10/h1-5,11-12H,6-9H2/t11-,12+/m0/s1. The average Bonchev–Trinajstić information content (AvgIpc) is 2.96. The lowest BCUT2D eigenvalue weighted by atomic mass is 10.0. The van der Waals surface area contributed by atoms with E-state index in [1.807, 2.05) is 30.3 Å². The normalized spacial score (nSPS) is 26.8.